The normalized spacial score (nSPS) is 11.0. The summed E-state index contributed by atoms with van der Waals surface area (Å²) in [6.07, 6.45) is 1.92. The molecule has 0 atom stereocenters. The van der Waals surface area contributed by atoms with E-state index in [1.807, 2.05) is 37.5 Å². The van der Waals surface area contributed by atoms with Gasteiger partial charge in [-0.3, -0.25) is 5.10 Å². The molecule has 3 aromatic rings. The maximum absolute atomic E-state index is 5.84. The van der Waals surface area contributed by atoms with Gasteiger partial charge in [0.15, 0.2) is 0 Å². The molecular formula is C24H33N5O2. The fourth-order valence-electron chi connectivity index (χ4n) is 3.34. The molecule has 7 nitrogen and oxygen atoms in total. The molecule has 0 saturated heterocycles. The molecule has 7 heteroatoms. The number of methoxy groups -OCH3 is 1. The highest BCUT2D eigenvalue weighted by molar-refractivity contribution is 5.65. The number of aromatic amines is 1. The van der Waals surface area contributed by atoms with Crippen molar-refractivity contribution in [1.29, 1.82) is 0 Å². The monoisotopic (exact) mass is 423 g/mol. The number of benzene rings is 2. The van der Waals surface area contributed by atoms with Gasteiger partial charge in [0.1, 0.15) is 18.1 Å². The molecule has 1 aromatic heterocycles. The Balaban J connectivity index is 1.54. The SMILES string of the molecule is CNCCN(C)Cc1cn[nH]c1-c1ccc(N(C)CCOc2ccc(OC)cc2)cc1. The van der Waals surface area contributed by atoms with Gasteiger partial charge in [-0.1, -0.05) is 12.1 Å². The zero-order chi connectivity index (χ0) is 22.1. The molecule has 0 spiro atoms. The van der Waals surface area contributed by atoms with Crippen LogP contribution in [-0.4, -0.2) is 69.6 Å². The van der Waals surface area contributed by atoms with E-state index in [1.165, 1.54) is 5.56 Å². The van der Waals surface area contributed by atoms with Gasteiger partial charge in [-0.15, -0.1) is 0 Å². The number of hydrogen-bond donors (Lipinski definition) is 2. The Hall–Kier alpha value is -3.03. The molecule has 0 amide bonds. The molecule has 2 aromatic carbocycles. The van der Waals surface area contributed by atoms with Crippen LogP contribution >= 0.6 is 0 Å². The molecular weight excluding hydrogens is 390 g/mol. The maximum atomic E-state index is 5.84. The van der Waals surface area contributed by atoms with Gasteiger partial charge in [-0.05, 0) is 50.5 Å². The van der Waals surface area contributed by atoms with E-state index in [0.29, 0.717) is 6.61 Å². The Morgan fingerprint density at radius 3 is 2.35 bits per heavy atom. The third kappa shape index (κ3) is 6.47. The van der Waals surface area contributed by atoms with E-state index in [2.05, 4.69) is 63.7 Å². The average Bonchev–Trinajstić information content (AvgIpc) is 3.26. The van der Waals surface area contributed by atoms with Crippen molar-refractivity contribution in [2.24, 2.45) is 0 Å². The van der Waals surface area contributed by atoms with Crippen molar-refractivity contribution in [3.8, 4) is 22.8 Å². The number of rotatable bonds is 12. The van der Waals surface area contributed by atoms with Gasteiger partial charge >= 0.3 is 0 Å². The molecule has 166 valence electrons. The van der Waals surface area contributed by atoms with Gasteiger partial charge in [-0.25, -0.2) is 0 Å². The molecule has 0 fully saturated rings. The minimum Gasteiger partial charge on any atom is -0.497 e. The summed E-state index contributed by atoms with van der Waals surface area (Å²) >= 11 is 0. The molecule has 0 aliphatic carbocycles. The molecule has 3 rings (SSSR count). The molecule has 0 radical (unpaired) electrons. The third-order valence-electron chi connectivity index (χ3n) is 5.25. The number of H-pyrrole nitrogens is 1. The first-order valence-electron chi connectivity index (χ1n) is 10.5. The van der Waals surface area contributed by atoms with Crippen molar-refractivity contribution < 1.29 is 9.47 Å². The van der Waals surface area contributed by atoms with E-state index in [1.54, 1.807) is 7.11 Å². The van der Waals surface area contributed by atoms with Crippen LogP contribution in [0.4, 0.5) is 5.69 Å². The largest absolute Gasteiger partial charge is 0.497 e. The van der Waals surface area contributed by atoms with Crippen LogP contribution in [0, 0.1) is 0 Å². The fraction of sp³-hybridized carbons (Fsp3) is 0.375. The molecule has 0 saturated carbocycles. The van der Waals surface area contributed by atoms with Crippen molar-refractivity contribution in [2.45, 2.75) is 6.54 Å². The summed E-state index contributed by atoms with van der Waals surface area (Å²) in [5, 5.41) is 10.6. The quantitative estimate of drug-likeness (QED) is 0.466. The van der Waals surface area contributed by atoms with Crippen LogP contribution in [0.5, 0.6) is 11.5 Å². The van der Waals surface area contributed by atoms with Gasteiger partial charge in [-0.2, -0.15) is 5.10 Å². The zero-order valence-electron chi connectivity index (χ0n) is 18.9. The molecule has 0 aliphatic heterocycles. The van der Waals surface area contributed by atoms with Crippen LogP contribution < -0.4 is 19.7 Å². The van der Waals surface area contributed by atoms with Crippen LogP contribution in [0.1, 0.15) is 5.56 Å². The van der Waals surface area contributed by atoms with E-state index < -0.39 is 0 Å². The predicted molar refractivity (Wildman–Crippen MR) is 126 cm³/mol. The molecule has 0 aliphatic rings. The first-order chi connectivity index (χ1) is 15.1. The Bertz CT molecular complexity index is 908. The van der Waals surface area contributed by atoms with Crippen LogP contribution in [0.3, 0.4) is 0 Å². The topological polar surface area (TPSA) is 65.7 Å². The van der Waals surface area contributed by atoms with E-state index in [0.717, 1.165) is 54.6 Å². The first-order valence-corrected chi connectivity index (χ1v) is 10.5. The lowest BCUT2D eigenvalue weighted by atomic mass is 10.1. The summed E-state index contributed by atoms with van der Waals surface area (Å²) in [5.41, 5.74) is 4.57. The number of hydrogen-bond acceptors (Lipinski definition) is 6. The van der Waals surface area contributed by atoms with E-state index >= 15 is 0 Å². The summed E-state index contributed by atoms with van der Waals surface area (Å²) in [6, 6.07) is 16.2. The van der Waals surface area contributed by atoms with Gasteiger partial charge in [0.25, 0.3) is 0 Å². The van der Waals surface area contributed by atoms with Crippen LogP contribution in [-0.2, 0) is 6.54 Å². The van der Waals surface area contributed by atoms with Gasteiger partial charge in [0.2, 0.25) is 0 Å². The summed E-state index contributed by atoms with van der Waals surface area (Å²) in [7, 11) is 7.83. The fourth-order valence-corrected chi connectivity index (χ4v) is 3.34. The zero-order valence-corrected chi connectivity index (χ0v) is 18.9. The summed E-state index contributed by atoms with van der Waals surface area (Å²) in [5.74, 6) is 1.67. The van der Waals surface area contributed by atoms with Gasteiger partial charge in [0.05, 0.1) is 25.5 Å². The number of anilines is 1. The standard InChI is InChI=1S/C24H33N5O2/c1-25-13-14-28(2)18-20-17-26-27-24(20)19-5-7-21(8-6-19)29(3)15-16-31-23-11-9-22(30-4)10-12-23/h5-12,17,25H,13-16,18H2,1-4H3,(H,26,27). The van der Waals surface area contributed by atoms with Crippen molar-refractivity contribution >= 4 is 5.69 Å². The van der Waals surface area contributed by atoms with Gasteiger partial charge < -0.3 is 24.6 Å². The van der Waals surface area contributed by atoms with Crippen LogP contribution in [0.25, 0.3) is 11.3 Å². The molecule has 31 heavy (non-hydrogen) atoms. The molecule has 0 bridgehead atoms. The molecule has 0 unspecified atom stereocenters. The first kappa shape index (κ1) is 22.7. The van der Waals surface area contributed by atoms with Crippen molar-refractivity contribution in [3.05, 3.63) is 60.3 Å². The van der Waals surface area contributed by atoms with Crippen molar-refractivity contribution in [3.63, 3.8) is 0 Å². The third-order valence-corrected chi connectivity index (χ3v) is 5.25. The lowest BCUT2D eigenvalue weighted by Gasteiger charge is -2.20. The minimum absolute atomic E-state index is 0.605. The highest BCUT2D eigenvalue weighted by atomic mass is 16.5. The Labute approximate surface area is 185 Å². The summed E-state index contributed by atoms with van der Waals surface area (Å²) < 4.78 is 11.0. The highest BCUT2D eigenvalue weighted by Gasteiger charge is 2.11. The van der Waals surface area contributed by atoms with Crippen LogP contribution in [0.15, 0.2) is 54.7 Å². The van der Waals surface area contributed by atoms with Crippen molar-refractivity contribution in [2.75, 3.05) is 59.4 Å². The Kier molecular flexibility index (Phi) is 8.32. The number of nitrogens with zero attached hydrogens (tertiary/aromatic N) is 3. The van der Waals surface area contributed by atoms with Crippen molar-refractivity contribution in [1.82, 2.24) is 20.4 Å². The Morgan fingerprint density at radius 2 is 1.68 bits per heavy atom. The lowest BCUT2D eigenvalue weighted by Crippen LogP contribution is -2.27. The second kappa shape index (κ2) is 11.4. The van der Waals surface area contributed by atoms with E-state index in [4.69, 9.17) is 9.47 Å². The lowest BCUT2D eigenvalue weighted by molar-refractivity contribution is 0.325. The number of likely N-dealkylation sites (N-methyl/N-ethyl adjacent to an activating group) is 3. The second-order valence-electron chi connectivity index (χ2n) is 7.60. The highest BCUT2D eigenvalue weighted by Crippen LogP contribution is 2.25. The summed E-state index contributed by atoms with van der Waals surface area (Å²) in [4.78, 5) is 4.47. The second-order valence-corrected chi connectivity index (χ2v) is 7.60. The number of aromatic nitrogens is 2. The maximum Gasteiger partial charge on any atom is 0.119 e. The molecule has 1 heterocycles. The average molecular weight is 424 g/mol. The van der Waals surface area contributed by atoms with E-state index in [9.17, 15) is 0 Å². The molecule has 2 N–H and O–H groups in total. The van der Waals surface area contributed by atoms with E-state index in [-0.39, 0.29) is 0 Å². The number of nitrogens with one attached hydrogen (secondary N) is 2. The predicted octanol–water partition coefficient (Wildman–Crippen LogP) is 3.25. The van der Waals surface area contributed by atoms with Crippen LogP contribution in [0.2, 0.25) is 0 Å². The minimum atomic E-state index is 0.605. The van der Waals surface area contributed by atoms with Gasteiger partial charge in [0, 0.05) is 43.5 Å². The Morgan fingerprint density at radius 1 is 0.968 bits per heavy atom. The smallest absolute Gasteiger partial charge is 0.119 e. The summed E-state index contributed by atoms with van der Waals surface area (Å²) in [6.45, 7) is 4.21. The number of ether oxygens (including phenoxy) is 2.